The lowest BCUT2D eigenvalue weighted by Gasteiger charge is -2.09. The molecular weight excluding hydrogens is 296 g/mol. The standard InChI is InChI=1S/C18H18O5/c1-3-23-13-6-7-14(18(11-13)22-2)15(19)8-4-12-5-9-16(20)17(21)10-12/h4-11,20-21H,3H2,1-2H3/b8-4+. The maximum atomic E-state index is 12.3. The van der Waals surface area contributed by atoms with Crippen molar-refractivity contribution in [3.63, 3.8) is 0 Å². The molecule has 0 bridgehead atoms. The van der Waals surface area contributed by atoms with Crippen LogP contribution >= 0.6 is 0 Å². The van der Waals surface area contributed by atoms with E-state index < -0.39 is 0 Å². The molecule has 0 spiro atoms. The Labute approximate surface area is 134 Å². The number of benzene rings is 2. The van der Waals surface area contributed by atoms with Crippen molar-refractivity contribution in [2.24, 2.45) is 0 Å². The van der Waals surface area contributed by atoms with Crippen LogP contribution in [0.2, 0.25) is 0 Å². The number of aromatic hydroxyl groups is 2. The molecule has 0 saturated heterocycles. The molecule has 0 saturated carbocycles. The molecule has 0 atom stereocenters. The Kier molecular flexibility index (Phi) is 5.25. The molecule has 2 aromatic rings. The third-order valence-corrected chi connectivity index (χ3v) is 3.18. The number of ether oxygens (including phenoxy) is 2. The fraction of sp³-hybridized carbons (Fsp3) is 0.167. The molecule has 0 aromatic heterocycles. The average Bonchev–Trinajstić information content (AvgIpc) is 2.55. The third-order valence-electron chi connectivity index (χ3n) is 3.18. The fourth-order valence-electron chi connectivity index (χ4n) is 2.04. The number of carbonyl (C=O) groups is 1. The summed E-state index contributed by atoms with van der Waals surface area (Å²) in [6.45, 7) is 2.40. The lowest BCUT2D eigenvalue weighted by Crippen LogP contribution is -2.00. The van der Waals surface area contributed by atoms with Gasteiger partial charge in [0.25, 0.3) is 0 Å². The molecule has 0 aliphatic rings. The predicted molar refractivity (Wildman–Crippen MR) is 87.3 cm³/mol. The van der Waals surface area contributed by atoms with E-state index >= 15 is 0 Å². The molecule has 0 heterocycles. The number of hydrogen-bond acceptors (Lipinski definition) is 5. The van der Waals surface area contributed by atoms with Crippen molar-refractivity contribution in [1.29, 1.82) is 0 Å². The van der Waals surface area contributed by atoms with Crippen LogP contribution in [0.15, 0.2) is 42.5 Å². The first kappa shape index (κ1) is 16.4. The molecule has 0 unspecified atom stereocenters. The molecule has 0 aliphatic carbocycles. The van der Waals surface area contributed by atoms with E-state index in [9.17, 15) is 15.0 Å². The smallest absolute Gasteiger partial charge is 0.189 e. The molecule has 5 heteroatoms. The summed E-state index contributed by atoms with van der Waals surface area (Å²) in [6.07, 6.45) is 2.93. The Hall–Kier alpha value is -2.95. The van der Waals surface area contributed by atoms with Gasteiger partial charge in [0.1, 0.15) is 11.5 Å². The summed E-state index contributed by atoms with van der Waals surface area (Å²) in [5.41, 5.74) is 1.01. The van der Waals surface area contributed by atoms with Crippen molar-refractivity contribution < 1.29 is 24.5 Å². The van der Waals surface area contributed by atoms with E-state index in [2.05, 4.69) is 0 Å². The van der Waals surface area contributed by atoms with Crippen molar-refractivity contribution >= 4 is 11.9 Å². The zero-order valence-corrected chi connectivity index (χ0v) is 12.9. The van der Waals surface area contributed by atoms with Gasteiger partial charge in [0.15, 0.2) is 17.3 Å². The van der Waals surface area contributed by atoms with Crippen LogP contribution in [-0.4, -0.2) is 29.7 Å². The highest BCUT2D eigenvalue weighted by Crippen LogP contribution is 2.27. The maximum Gasteiger partial charge on any atom is 0.189 e. The molecule has 23 heavy (non-hydrogen) atoms. The maximum absolute atomic E-state index is 12.3. The summed E-state index contributed by atoms with van der Waals surface area (Å²) in [5, 5.41) is 18.7. The molecule has 0 amide bonds. The van der Waals surface area contributed by atoms with E-state index in [4.69, 9.17) is 9.47 Å². The largest absolute Gasteiger partial charge is 0.504 e. The number of phenolic OH excluding ortho intramolecular Hbond substituents is 2. The van der Waals surface area contributed by atoms with Crippen molar-refractivity contribution in [2.45, 2.75) is 6.92 Å². The summed E-state index contributed by atoms with van der Waals surface area (Å²) >= 11 is 0. The summed E-state index contributed by atoms with van der Waals surface area (Å²) in [6, 6.07) is 9.33. The molecular formula is C18H18O5. The van der Waals surface area contributed by atoms with Gasteiger partial charge in [-0.15, -0.1) is 0 Å². The second kappa shape index (κ2) is 7.35. The topological polar surface area (TPSA) is 76.0 Å². The second-order valence-corrected chi connectivity index (χ2v) is 4.74. The van der Waals surface area contributed by atoms with Crippen LogP contribution in [0.3, 0.4) is 0 Å². The molecule has 5 nitrogen and oxygen atoms in total. The lowest BCUT2D eigenvalue weighted by atomic mass is 10.1. The quantitative estimate of drug-likeness (QED) is 0.485. The van der Waals surface area contributed by atoms with Gasteiger partial charge in [0.05, 0.1) is 19.3 Å². The first-order valence-corrected chi connectivity index (χ1v) is 7.10. The summed E-state index contributed by atoms with van der Waals surface area (Å²) < 4.78 is 10.6. The van der Waals surface area contributed by atoms with Crippen LogP contribution < -0.4 is 9.47 Å². The van der Waals surface area contributed by atoms with Gasteiger partial charge in [-0.1, -0.05) is 12.1 Å². The van der Waals surface area contributed by atoms with E-state index in [-0.39, 0.29) is 17.3 Å². The first-order valence-electron chi connectivity index (χ1n) is 7.10. The number of phenols is 2. The molecule has 0 aliphatic heterocycles. The summed E-state index contributed by atoms with van der Waals surface area (Å²) in [5.74, 6) is 0.379. The number of methoxy groups -OCH3 is 1. The molecule has 0 fully saturated rings. The van der Waals surface area contributed by atoms with Crippen molar-refractivity contribution in [2.75, 3.05) is 13.7 Å². The van der Waals surface area contributed by atoms with Gasteiger partial charge in [-0.25, -0.2) is 0 Å². The first-order chi connectivity index (χ1) is 11.0. The van der Waals surface area contributed by atoms with E-state index in [0.29, 0.717) is 29.2 Å². The highest BCUT2D eigenvalue weighted by atomic mass is 16.5. The molecule has 2 aromatic carbocycles. The van der Waals surface area contributed by atoms with Crippen LogP contribution in [0.1, 0.15) is 22.8 Å². The van der Waals surface area contributed by atoms with E-state index in [1.807, 2.05) is 6.92 Å². The van der Waals surface area contributed by atoms with Crippen molar-refractivity contribution in [3.8, 4) is 23.0 Å². The van der Waals surface area contributed by atoms with Crippen LogP contribution in [0, 0.1) is 0 Å². The molecule has 0 radical (unpaired) electrons. The number of rotatable bonds is 6. The second-order valence-electron chi connectivity index (χ2n) is 4.74. The monoisotopic (exact) mass is 314 g/mol. The highest BCUT2D eigenvalue weighted by Gasteiger charge is 2.11. The van der Waals surface area contributed by atoms with Crippen LogP contribution in [0.5, 0.6) is 23.0 Å². The average molecular weight is 314 g/mol. The van der Waals surface area contributed by atoms with Gasteiger partial charge in [-0.3, -0.25) is 4.79 Å². The predicted octanol–water partition coefficient (Wildman–Crippen LogP) is 3.40. The van der Waals surface area contributed by atoms with Gasteiger partial charge in [0, 0.05) is 6.07 Å². The highest BCUT2D eigenvalue weighted by molar-refractivity contribution is 6.08. The van der Waals surface area contributed by atoms with Crippen LogP contribution in [0.25, 0.3) is 6.08 Å². The van der Waals surface area contributed by atoms with Gasteiger partial charge in [-0.05, 0) is 42.8 Å². The minimum atomic E-state index is -0.238. The third kappa shape index (κ3) is 4.03. The lowest BCUT2D eigenvalue weighted by molar-refractivity contribution is 0.104. The van der Waals surface area contributed by atoms with Gasteiger partial charge < -0.3 is 19.7 Å². The zero-order chi connectivity index (χ0) is 16.8. The van der Waals surface area contributed by atoms with E-state index in [0.717, 1.165) is 0 Å². The minimum absolute atomic E-state index is 0.207. The Morgan fingerprint density at radius 2 is 1.91 bits per heavy atom. The van der Waals surface area contributed by atoms with Gasteiger partial charge >= 0.3 is 0 Å². The van der Waals surface area contributed by atoms with E-state index in [1.54, 1.807) is 30.3 Å². The minimum Gasteiger partial charge on any atom is -0.504 e. The van der Waals surface area contributed by atoms with Crippen molar-refractivity contribution in [1.82, 2.24) is 0 Å². The van der Waals surface area contributed by atoms with Gasteiger partial charge in [0.2, 0.25) is 0 Å². The number of allylic oxidation sites excluding steroid dienone is 1. The van der Waals surface area contributed by atoms with Crippen LogP contribution in [-0.2, 0) is 0 Å². The fourth-order valence-corrected chi connectivity index (χ4v) is 2.04. The molecule has 2 rings (SSSR count). The summed E-state index contributed by atoms with van der Waals surface area (Å²) in [7, 11) is 1.49. The zero-order valence-electron chi connectivity index (χ0n) is 12.9. The number of ketones is 1. The SMILES string of the molecule is CCOc1ccc(C(=O)/C=C/c2ccc(O)c(O)c2)c(OC)c1. The molecule has 120 valence electrons. The normalized spacial score (nSPS) is 10.7. The number of hydrogen-bond donors (Lipinski definition) is 2. The molecule has 2 N–H and O–H groups in total. The van der Waals surface area contributed by atoms with Crippen molar-refractivity contribution in [3.05, 3.63) is 53.6 Å². The van der Waals surface area contributed by atoms with Crippen LogP contribution in [0.4, 0.5) is 0 Å². The van der Waals surface area contributed by atoms with E-state index in [1.165, 1.54) is 25.3 Å². The summed E-state index contributed by atoms with van der Waals surface area (Å²) in [4.78, 5) is 12.3. The Bertz CT molecular complexity index is 734. The Morgan fingerprint density at radius 1 is 1.13 bits per heavy atom. The Morgan fingerprint density at radius 3 is 2.57 bits per heavy atom. The number of carbonyl (C=O) groups excluding carboxylic acids is 1. The Balaban J connectivity index is 2.22. The van der Waals surface area contributed by atoms with Gasteiger partial charge in [-0.2, -0.15) is 0 Å².